The van der Waals surface area contributed by atoms with Crippen LogP contribution in [0, 0.1) is 0 Å². The fraction of sp³-hybridized carbons (Fsp3) is 0. The maximum atomic E-state index is 5.22. The predicted molar refractivity (Wildman–Crippen MR) is 216 cm³/mol. The van der Waals surface area contributed by atoms with Crippen LogP contribution in [-0.4, -0.2) is 24.3 Å². The smallest absolute Gasteiger partial charge is 0.163 e. The number of hydrogen-bond donors (Lipinski definition) is 0. The van der Waals surface area contributed by atoms with Crippen LogP contribution < -0.4 is 0 Å². The van der Waals surface area contributed by atoms with Crippen LogP contribution in [0.15, 0.2) is 188 Å². The number of fused-ring (bicyclic) bond motifs is 4. The molecule has 0 bridgehead atoms. The number of nitrogens with zero attached hydrogens (tertiary/aromatic N) is 5. The molecule has 5 nitrogen and oxygen atoms in total. The summed E-state index contributed by atoms with van der Waals surface area (Å²) in [5.41, 5.74) is 9.75. The molecular formula is C48H31N5. The van der Waals surface area contributed by atoms with Gasteiger partial charge in [-0.15, -0.1) is 0 Å². The van der Waals surface area contributed by atoms with Crippen molar-refractivity contribution in [1.29, 1.82) is 0 Å². The quantitative estimate of drug-likeness (QED) is 0.176. The molecule has 0 fully saturated rings. The van der Waals surface area contributed by atoms with Crippen molar-refractivity contribution in [1.82, 2.24) is 24.3 Å². The summed E-state index contributed by atoms with van der Waals surface area (Å²) in [5.74, 6) is 2.23. The van der Waals surface area contributed by atoms with Gasteiger partial charge in [-0.2, -0.15) is 0 Å². The summed E-state index contributed by atoms with van der Waals surface area (Å²) < 4.78 is 2.22. The van der Waals surface area contributed by atoms with Gasteiger partial charge in [0.05, 0.1) is 17.1 Å². The molecule has 7 aromatic carbocycles. The topological polar surface area (TPSA) is 56.0 Å². The van der Waals surface area contributed by atoms with Gasteiger partial charge in [0, 0.05) is 38.6 Å². The van der Waals surface area contributed by atoms with Gasteiger partial charge in [0.25, 0.3) is 0 Å². The van der Waals surface area contributed by atoms with Crippen molar-refractivity contribution in [2.75, 3.05) is 0 Å². The van der Waals surface area contributed by atoms with Crippen LogP contribution in [0.4, 0.5) is 0 Å². The van der Waals surface area contributed by atoms with Gasteiger partial charge >= 0.3 is 0 Å². The molecule has 10 aromatic rings. The largest absolute Gasteiger partial charge is 0.277 e. The van der Waals surface area contributed by atoms with Gasteiger partial charge in [-0.25, -0.2) is 19.9 Å². The van der Waals surface area contributed by atoms with Gasteiger partial charge in [-0.3, -0.25) is 4.40 Å². The Labute approximate surface area is 306 Å². The minimum atomic E-state index is 0.692. The van der Waals surface area contributed by atoms with Crippen molar-refractivity contribution in [2.24, 2.45) is 0 Å². The summed E-state index contributed by atoms with van der Waals surface area (Å²) >= 11 is 0. The van der Waals surface area contributed by atoms with Crippen molar-refractivity contribution in [2.45, 2.75) is 0 Å². The second kappa shape index (κ2) is 12.8. The number of hydrogen-bond acceptors (Lipinski definition) is 4. The molecule has 248 valence electrons. The van der Waals surface area contributed by atoms with E-state index >= 15 is 0 Å². The fourth-order valence-corrected chi connectivity index (χ4v) is 7.21. The lowest BCUT2D eigenvalue weighted by Gasteiger charge is -2.13. The molecule has 53 heavy (non-hydrogen) atoms. The van der Waals surface area contributed by atoms with E-state index in [0.29, 0.717) is 11.6 Å². The highest BCUT2D eigenvalue weighted by atomic mass is 15.1. The van der Waals surface area contributed by atoms with E-state index in [4.69, 9.17) is 19.9 Å². The van der Waals surface area contributed by atoms with Crippen LogP contribution in [0.3, 0.4) is 0 Å². The Bertz CT molecular complexity index is 2920. The Morgan fingerprint density at radius 3 is 1.51 bits per heavy atom. The minimum Gasteiger partial charge on any atom is -0.277 e. The van der Waals surface area contributed by atoms with Gasteiger partial charge in [-0.05, 0) is 28.5 Å². The lowest BCUT2D eigenvalue weighted by atomic mass is 10.0. The first-order valence-corrected chi connectivity index (χ1v) is 17.7. The van der Waals surface area contributed by atoms with Gasteiger partial charge in [0.15, 0.2) is 11.6 Å². The van der Waals surface area contributed by atoms with Gasteiger partial charge in [0.1, 0.15) is 11.5 Å². The zero-order valence-electron chi connectivity index (χ0n) is 28.6. The minimum absolute atomic E-state index is 0.692. The SMILES string of the molecule is c1ccc(-c2nc(-c3ccc(-c4c5ccccc5c5nc(-c6ccccc6)nc(-c6ccccc6)n45)cc3)cc(-c3ccc4ccccc4c3)n2)cc1. The Kier molecular flexibility index (Phi) is 7.40. The summed E-state index contributed by atoms with van der Waals surface area (Å²) in [4.78, 5) is 20.6. The molecule has 5 heteroatoms. The van der Waals surface area contributed by atoms with Crippen molar-refractivity contribution in [3.8, 4) is 67.9 Å². The molecule has 10 rings (SSSR count). The standard InChI is InChI=1S/C48H31N5/c1-4-15-35(16-5-1)45-49-42(31-43(50-45)39-29-24-32-14-10-11-21-38(32)30-39)33-25-27-34(28-26-33)44-40-22-12-13-23-41(40)48-52-46(36-17-6-2-7-18-36)51-47(53(44)48)37-19-8-3-9-20-37/h1-31H. The van der Waals surface area contributed by atoms with Crippen LogP contribution >= 0.6 is 0 Å². The Balaban J connectivity index is 1.15. The molecule has 0 radical (unpaired) electrons. The molecule has 3 heterocycles. The molecule has 3 aromatic heterocycles. The van der Waals surface area contributed by atoms with Crippen molar-refractivity contribution >= 4 is 27.2 Å². The van der Waals surface area contributed by atoms with Crippen molar-refractivity contribution in [3.63, 3.8) is 0 Å². The van der Waals surface area contributed by atoms with Gasteiger partial charge in [-0.1, -0.05) is 176 Å². The lowest BCUT2D eigenvalue weighted by molar-refractivity contribution is 1.05. The first-order chi connectivity index (χ1) is 26.3. The zero-order valence-corrected chi connectivity index (χ0v) is 28.6. The molecule has 0 saturated carbocycles. The predicted octanol–water partition coefficient (Wildman–Crippen LogP) is 11.8. The van der Waals surface area contributed by atoms with Gasteiger partial charge < -0.3 is 0 Å². The molecule has 0 atom stereocenters. The Morgan fingerprint density at radius 1 is 0.321 bits per heavy atom. The third kappa shape index (κ3) is 5.52. The third-order valence-corrected chi connectivity index (χ3v) is 9.82. The Hall–Kier alpha value is -7.24. The summed E-state index contributed by atoms with van der Waals surface area (Å²) in [7, 11) is 0. The van der Waals surface area contributed by atoms with E-state index in [1.165, 1.54) is 10.8 Å². The van der Waals surface area contributed by atoms with E-state index in [1.54, 1.807) is 0 Å². The molecule has 0 unspecified atom stereocenters. The van der Waals surface area contributed by atoms with Crippen LogP contribution in [0.1, 0.15) is 0 Å². The summed E-state index contributed by atoms with van der Waals surface area (Å²) in [6, 6.07) is 65.0. The first-order valence-electron chi connectivity index (χ1n) is 17.7. The average Bonchev–Trinajstić information content (AvgIpc) is 3.58. The Morgan fingerprint density at radius 2 is 0.830 bits per heavy atom. The number of rotatable bonds is 6. The monoisotopic (exact) mass is 677 g/mol. The molecule has 0 aliphatic heterocycles. The third-order valence-electron chi connectivity index (χ3n) is 9.82. The lowest BCUT2D eigenvalue weighted by Crippen LogP contribution is -2.03. The molecule has 0 spiro atoms. The zero-order chi connectivity index (χ0) is 35.1. The number of benzene rings is 7. The van der Waals surface area contributed by atoms with E-state index < -0.39 is 0 Å². The summed E-state index contributed by atoms with van der Waals surface area (Å²) in [5, 5.41) is 4.57. The van der Waals surface area contributed by atoms with Crippen molar-refractivity contribution < 1.29 is 0 Å². The highest BCUT2D eigenvalue weighted by Crippen LogP contribution is 2.38. The van der Waals surface area contributed by atoms with E-state index in [-0.39, 0.29) is 0 Å². The second-order valence-electron chi connectivity index (χ2n) is 13.1. The van der Waals surface area contributed by atoms with Crippen LogP contribution in [0.5, 0.6) is 0 Å². The average molecular weight is 678 g/mol. The molecular weight excluding hydrogens is 647 g/mol. The van der Waals surface area contributed by atoms with Crippen LogP contribution in [0.25, 0.3) is 95.1 Å². The molecule has 0 aliphatic carbocycles. The van der Waals surface area contributed by atoms with Crippen molar-refractivity contribution in [3.05, 3.63) is 188 Å². The summed E-state index contributed by atoms with van der Waals surface area (Å²) in [6.45, 7) is 0. The van der Waals surface area contributed by atoms with Crippen LogP contribution in [0.2, 0.25) is 0 Å². The van der Waals surface area contributed by atoms with E-state index in [1.807, 2.05) is 42.5 Å². The van der Waals surface area contributed by atoms with E-state index in [0.717, 1.165) is 72.7 Å². The maximum absolute atomic E-state index is 5.22. The fourth-order valence-electron chi connectivity index (χ4n) is 7.21. The molecule has 0 N–H and O–H groups in total. The molecule has 0 aliphatic rings. The maximum Gasteiger partial charge on any atom is 0.163 e. The highest BCUT2D eigenvalue weighted by molar-refractivity contribution is 6.06. The molecule has 0 amide bonds. The normalized spacial score (nSPS) is 11.4. The molecule has 0 saturated heterocycles. The van der Waals surface area contributed by atoms with E-state index in [2.05, 4.69) is 150 Å². The second-order valence-corrected chi connectivity index (χ2v) is 13.1. The highest BCUT2D eigenvalue weighted by Gasteiger charge is 2.21. The van der Waals surface area contributed by atoms with E-state index in [9.17, 15) is 0 Å². The first kappa shape index (κ1) is 30.6. The van der Waals surface area contributed by atoms with Gasteiger partial charge in [0.2, 0.25) is 0 Å². The number of aromatic nitrogens is 5. The van der Waals surface area contributed by atoms with Crippen LogP contribution in [-0.2, 0) is 0 Å². The summed E-state index contributed by atoms with van der Waals surface area (Å²) in [6.07, 6.45) is 0.